The first kappa shape index (κ1) is 14.5. The van der Waals surface area contributed by atoms with E-state index < -0.39 is 17.7 Å². The van der Waals surface area contributed by atoms with Crippen LogP contribution in [0.4, 0.5) is 14.5 Å². The molecule has 1 N–H and O–H groups in total. The second-order valence-electron chi connectivity index (χ2n) is 5.39. The van der Waals surface area contributed by atoms with Gasteiger partial charge in [0.25, 0.3) is 0 Å². The average Bonchev–Trinajstić information content (AvgIpc) is 2.92. The van der Waals surface area contributed by atoms with Crippen molar-refractivity contribution in [1.82, 2.24) is 0 Å². The smallest absolute Gasteiger partial charge is 0.159 e. The summed E-state index contributed by atoms with van der Waals surface area (Å²) < 4.78 is 26.6. The Hall–Kier alpha value is -2.45. The number of aliphatic hydroxyl groups is 1. The lowest BCUT2D eigenvalue weighted by Crippen LogP contribution is -2.24. The van der Waals surface area contributed by atoms with Gasteiger partial charge in [-0.25, -0.2) is 8.78 Å². The van der Waals surface area contributed by atoms with E-state index >= 15 is 0 Å². The molecule has 0 radical (unpaired) electrons. The minimum atomic E-state index is -0.890. The molecule has 22 heavy (non-hydrogen) atoms. The number of halogens is 2. The molecule has 3 rings (SSSR count). The molecule has 1 aliphatic rings. The molecule has 0 aliphatic carbocycles. The van der Waals surface area contributed by atoms with E-state index in [1.54, 1.807) is 24.3 Å². The van der Waals surface area contributed by atoms with Crippen molar-refractivity contribution >= 4 is 5.69 Å². The zero-order chi connectivity index (χ0) is 15.7. The number of hydrogen-bond donors (Lipinski definition) is 1. The normalized spacial score (nSPS) is 20.9. The highest BCUT2D eigenvalue weighted by Gasteiger charge is 2.32. The van der Waals surface area contributed by atoms with Crippen molar-refractivity contribution in [3.63, 3.8) is 0 Å². The van der Waals surface area contributed by atoms with E-state index in [9.17, 15) is 13.9 Å². The Kier molecular flexibility index (Phi) is 3.78. The molecule has 5 heteroatoms. The van der Waals surface area contributed by atoms with Crippen LogP contribution in [0.3, 0.4) is 0 Å². The summed E-state index contributed by atoms with van der Waals surface area (Å²) in [5.74, 6) is -1.77. The van der Waals surface area contributed by atoms with Crippen molar-refractivity contribution in [1.29, 1.82) is 5.26 Å². The zero-order valence-corrected chi connectivity index (χ0v) is 11.7. The monoisotopic (exact) mass is 300 g/mol. The number of hydrogen-bond acceptors (Lipinski definition) is 3. The van der Waals surface area contributed by atoms with Gasteiger partial charge >= 0.3 is 0 Å². The Morgan fingerprint density at radius 3 is 2.45 bits per heavy atom. The van der Waals surface area contributed by atoms with Gasteiger partial charge in [0, 0.05) is 12.2 Å². The van der Waals surface area contributed by atoms with Gasteiger partial charge in [-0.2, -0.15) is 5.26 Å². The molecular formula is C17H14F2N2O. The van der Waals surface area contributed by atoms with Crippen LogP contribution in [0.15, 0.2) is 42.5 Å². The molecule has 0 amide bonds. The van der Waals surface area contributed by atoms with Gasteiger partial charge in [-0.3, -0.25) is 0 Å². The Morgan fingerprint density at radius 1 is 1.09 bits per heavy atom. The molecule has 2 aromatic rings. The van der Waals surface area contributed by atoms with Crippen molar-refractivity contribution in [3.05, 3.63) is 65.2 Å². The molecular weight excluding hydrogens is 286 g/mol. The Bertz CT molecular complexity index is 724. The van der Waals surface area contributed by atoms with E-state index in [0.29, 0.717) is 24.1 Å². The number of nitriles is 1. The molecule has 112 valence electrons. The molecule has 0 unspecified atom stereocenters. The minimum absolute atomic E-state index is 0.224. The van der Waals surface area contributed by atoms with Crippen LogP contribution in [-0.4, -0.2) is 17.8 Å². The molecule has 0 saturated carbocycles. The second-order valence-corrected chi connectivity index (χ2v) is 5.39. The van der Waals surface area contributed by atoms with Gasteiger partial charge in [0.2, 0.25) is 0 Å². The van der Waals surface area contributed by atoms with Crippen LogP contribution >= 0.6 is 0 Å². The fourth-order valence-electron chi connectivity index (χ4n) is 2.86. The van der Waals surface area contributed by atoms with Crippen LogP contribution in [0.5, 0.6) is 0 Å². The van der Waals surface area contributed by atoms with Crippen LogP contribution in [0.1, 0.15) is 23.6 Å². The molecule has 1 fully saturated rings. The van der Waals surface area contributed by atoms with Gasteiger partial charge in [-0.15, -0.1) is 0 Å². The summed E-state index contributed by atoms with van der Waals surface area (Å²) in [7, 11) is 0. The van der Waals surface area contributed by atoms with Crippen LogP contribution in [-0.2, 0) is 0 Å². The lowest BCUT2D eigenvalue weighted by Gasteiger charge is -2.27. The fourth-order valence-corrected chi connectivity index (χ4v) is 2.86. The van der Waals surface area contributed by atoms with Crippen LogP contribution in [0.25, 0.3) is 0 Å². The highest BCUT2D eigenvalue weighted by molar-refractivity contribution is 5.53. The molecule has 2 atom stereocenters. The third-order valence-electron chi connectivity index (χ3n) is 3.94. The van der Waals surface area contributed by atoms with Gasteiger partial charge in [-0.05, 0) is 48.4 Å². The molecule has 2 aromatic carbocycles. The van der Waals surface area contributed by atoms with Crippen molar-refractivity contribution in [2.24, 2.45) is 0 Å². The number of β-amino-alcohol motifs (C(OH)–C–C–N with tert-alkyl or cyclic N) is 1. The van der Waals surface area contributed by atoms with Crippen LogP contribution in [0.2, 0.25) is 0 Å². The third kappa shape index (κ3) is 2.66. The van der Waals surface area contributed by atoms with E-state index in [1.165, 1.54) is 12.1 Å². The van der Waals surface area contributed by atoms with E-state index in [2.05, 4.69) is 6.07 Å². The maximum Gasteiger partial charge on any atom is 0.159 e. The summed E-state index contributed by atoms with van der Waals surface area (Å²) in [6.45, 7) is 0.412. The largest absolute Gasteiger partial charge is 0.391 e. The first-order valence-corrected chi connectivity index (χ1v) is 6.98. The van der Waals surface area contributed by atoms with E-state index in [0.717, 1.165) is 11.8 Å². The summed E-state index contributed by atoms with van der Waals surface area (Å²) in [4.78, 5) is 1.94. The van der Waals surface area contributed by atoms with Crippen molar-refractivity contribution in [2.75, 3.05) is 11.4 Å². The Morgan fingerprint density at radius 2 is 1.82 bits per heavy atom. The van der Waals surface area contributed by atoms with Crippen LogP contribution < -0.4 is 4.90 Å². The van der Waals surface area contributed by atoms with Gasteiger partial charge in [0.15, 0.2) is 11.6 Å². The summed E-state index contributed by atoms with van der Waals surface area (Å²) >= 11 is 0. The van der Waals surface area contributed by atoms with Gasteiger partial charge < -0.3 is 10.0 Å². The topological polar surface area (TPSA) is 47.3 Å². The second kappa shape index (κ2) is 5.74. The quantitative estimate of drug-likeness (QED) is 0.927. The molecule has 0 bridgehead atoms. The molecule has 1 saturated heterocycles. The fraction of sp³-hybridized carbons (Fsp3) is 0.235. The van der Waals surface area contributed by atoms with E-state index in [4.69, 9.17) is 5.26 Å². The highest BCUT2D eigenvalue weighted by Crippen LogP contribution is 2.36. The standard InChI is InChI=1S/C17H14F2N2O/c18-15-6-3-12(7-16(15)19)17-8-14(22)10-21(17)13-4-1-11(9-20)2-5-13/h1-7,14,17,22H,8,10H2/t14-,17-/m1/s1. The lowest BCUT2D eigenvalue weighted by atomic mass is 10.0. The molecule has 0 aromatic heterocycles. The maximum atomic E-state index is 13.5. The Labute approximate surface area is 127 Å². The van der Waals surface area contributed by atoms with E-state index in [1.807, 2.05) is 4.90 Å². The maximum absolute atomic E-state index is 13.5. The van der Waals surface area contributed by atoms with Crippen molar-refractivity contribution in [3.8, 4) is 6.07 Å². The third-order valence-corrected chi connectivity index (χ3v) is 3.94. The summed E-state index contributed by atoms with van der Waals surface area (Å²) in [6.07, 6.45) is -0.0841. The molecule has 1 aliphatic heterocycles. The highest BCUT2D eigenvalue weighted by atomic mass is 19.2. The number of aliphatic hydroxyl groups excluding tert-OH is 1. The van der Waals surface area contributed by atoms with Crippen molar-refractivity contribution in [2.45, 2.75) is 18.6 Å². The van der Waals surface area contributed by atoms with Gasteiger partial charge in [0.1, 0.15) is 0 Å². The van der Waals surface area contributed by atoms with Gasteiger partial charge in [0.05, 0.1) is 23.8 Å². The summed E-state index contributed by atoms with van der Waals surface area (Å²) in [5.41, 5.74) is 2.01. The van der Waals surface area contributed by atoms with E-state index in [-0.39, 0.29) is 6.04 Å². The summed E-state index contributed by atoms with van der Waals surface area (Å²) in [6, 6.07) is 12.6. The minimum Gasteiger partial charge on any atom is -0.391 e. The number of nitrogens with zero attached hydrogens (tertiary/aromatic N) is 2. The number of rotatable bonds is 2. The molecule has 0 spiro atoms. The molecule has 1 heterocycles. The Balaban J connectivity index is 1.94. The first-order chi connectivity index (χ1) is 10.6. The SMILES string of the molecule is N#Cc1ccc(N2C[C@H](O)C[C@@H]2c2ccc(F)c(F)c2)cc1. The predicted molar refractivity (Wildman–Crippen MR) is 78.2 cm³/mol. The predicted octanol–water partition coefficient (Wildman–Crippen LogP) is 3.15. The first-order valence-electron chi connectivity index (χ1n) is 6.98. The zero-order valence-electron chi connectivity index (χ0n) is 11.7. The average molecular weight is 300 g/mol. The van der Waals surface area contributed by atoms with Gasteiger partial charge in [-0.1, -0.05) is 6.07 Å². The number of benzene rings is 2. The summed E-state index contributed by atoms with van der Waals surface area (Å²) in [5, 5.41) is 18.8. The van der Waals surface area contributed by atoms with Crippen LogP contribution in [0, 0.1) is 23.0 Å². The molecule has 3 nitrogen and oxygen atoms in total. The van der Waals surface area contributed by atoms with Crippen molar-refractivity contribution < 1.29 is 13.9 Å². The number of anilines is 1. The lowest BCUT2D eigenvalue weighted by molar-refractivity contribution is 0.194.